The predicted octanol–water partition coefficient (Wildman–Crippen LogP) is 3.66. The number of likely N-dealkylation sites (N-methyl/N-ethyl adjacent to an activating group) is 1. The molecule has 0 spiro atoms. The second-order valence-electron chi connectivity index (χ2n) is 10.6. The summed E-state index contributed by atoms with van der Waals surface area (Å²) in [6.07, 6.45) is 9.99. The van der Waals surface area contributed by atoms with Crippen LogP contribution < -0.4 is 20.7 Å². The Labute approximate surface area is 267 Å². The fraction of sp³-hybridized carbons (Fsp3) is 0.594. The van der Waals surface area contributed by atoms with Crippen LogP contribution in [0.5, 0.6) is 5.75 Å². The number of carboxylic acid groups (broad SMARTS) is 1. The van der Waals surface area contributed by atoms with Gasteiger partial charge in [0.15, 0.2) is 0 Å². The maximum atomic E-state index is 11.5. The van der Waals surface area contributed by atoms with Gasteiger partial charge in [0.25, 0.3) is 6.47 Å². The molecule has 1 aliphatic heterocycles. The molecule has 2 rings (SSSR count). The molecule has 1 aromatic carbocycles. The SMILES string of the molecule is CNC(=O)CCC1(C)OC1CC(CC(C/C=C/C=C(\C)Cc1ccc(Cl)c(OC)c1)NC)OC=O.CNC(C)C(=O)O.CO. The van der Waals surface area contributed by atoms with Crippen molar-refractivity contribution in [1.29, 1.82) is 0 Å². The van der Waals surface area contributed by atoms with Crippen LogP contribution in [0.1, 0.15) is 58.4 Å². The fourth-order valence-electron chi connectivity index (χ4n) is 4.26. The van der Waals surface area contributed by atoms with E-state index in [0.717, 1.165) is 25.5 Å². The molecule has 0 radical (unpaired) electrons. The number of hydrogen-bond acceptors (Lipinski definition) is 9. The zero-order chi connectivity index (χ0) is 33.7. The number of allylic oxidation sites excluding steroid dienone is 3. The van der Waals surface area contributed by atoms with Gasteiger partial charge in [-0.25, -0.2) is 0 Å². The lowest BCUT2D eigenvalue weighted by molar-refractivity contribution is -0.139. The van der Waals surface area contributed by atoms with E-state index in [1.165, 1.54) is 5.57 Å². The Morgan fingerprint density at radius 2 is 1.89 bits per heavy atom. The third kappa shape index (κ3) is 16.2. The number of nitrogens with one attached hydrogen (secondary N) is 3. The number of ether oxygens (including phenoxy) is 3. The highest BCUT2D eigenvalue weighted by molar-refractivity contribution is 6.32. The molecular weight excluding hydrogens is 590 g/mol. The lowest BCUT2D eigenvalue weighted by atomic mass is 9.94. The van der Waals surface area contributed by atoms with Crippen molar-refractivity contribution in [3.05, 3.63) is 52.6 Å². The first-order chi connectivity index (χ1) is 20.9. The van der Waals surface area contributed by atoms with Crippen molar-refractivity contribution in [3.8, 4) is 5.75 Å². The van der Waals surface area contributed by atoms with E-state index in [-0.39, 0.29) is 29.8 Å². The summed E-state index contributed by atoms with van der Waals surface area (Å²) in [4.78, 5) is 32.5. The number of aliphatic carboxylic acids is 1. The number of aliphatic hydroxyl groups is 1. The smallest absolute Gasteiger partial charge is 0.320 e. The average Bonchev–Trinajstić information content (AvgIpc) is 3.67. The number of rotatable bonds is 18. The maximum absolute atomic E-state index is 11.5. The summed E-state index contributed by atoms with van der Waals surface area (Å²) < 4.78 is 16.5. The molecule has 0 bridgehead atoms. The van der Waals surface area contributed by atoms with E-state index in [1.54, 1.807) is 28.1 Å². The molecule has 1 aliphatic rings. The van der Waals surface area contributed by atoms with Crippen LogP contribution in [0.2, 0.25) is 5.02 Å². The minimum Gasteiger partial charge on any atom is -0.495 e. The van der Waals surface area contributed by atoms with Gasteiger partial charge in [-0.05, 0) is 71.8 Å². The lowest BCUT2D eigenvalue weighted by Crippen LogP contribution is -2.32. The third-order valence-corrected chi connectivity index (χ3v) is 7.59. The van der Waals surface area contributed by atoms with E-state index >= 15 is 0 Å². The molecule has 0 aliphatic carbocycles. The average molecular weight is 642 g/mol. The Bertz CT molecular complexity index is 1070. The molecule has 12 heteroatoms. The van der Waals surface area contributed by atoms with Gasteiger partial charge in [0.2, 0.25) is 5.91 Å². The molecule has 1 fully saturated rings. The van der Waals surface area contributed by atoms with E-state index in [9.17, 15) is 14.4 Å². The lowest BCUT2D eigenvalue weighted by Gasteiger charge is -2.21. The second-order valence-corrected chi connectivity index (χ2v) is 11.0. The van der Waals surface area contributed by atoms with Gasteiger partial charge in [-0.2, -0.15) is 0 Å². The molecule has 0 aromatic heterocycles. The van der Waals surface area contributed by atoms with E-state index in [1.807, 2.05) is 32.2 Å². The Balaban J connectivity index is 0.00000180. The molecule has 5 atom stereocenters. The first-order valence-corrected chi connectivity index (χ1v) is 14.9. The monoisotopic (exact) mass is 641 g/mol. The highest BCUT2D eigenvalue weighted by Crippen LogP contribution is 2.43. The van der Waals surface area contributed by atoms with Crippen LogP contribution in [0.15, 0.2) is 42.0 Å². The molecule has 1 saturated heterocycles. The van der Waals surface area contributed by atoms with Gasteiger partial charge >= 0.3 is 5.97 Å². The number of carbonyl (C=O) groups excluding carboxylic acids is 2. The number of epoxide rings is 1. The molecule has 1 aromatic rings. The highest BCUT2D eigenvalue weighted by Gasteiger charge is 2.52. The van der Waals surface area contributed by atoms with E-state index in [0.29, 0.717) is 42.9 Å². The Morgan fingerprint density at radius 3 is 2.41 bits per heavy atom. The number of benzene rings is 1. The zero-order valence-electron chi connectivity index (χ0n) is 27.3. The van der Waals surface area contributed by atoms with Gasteiger partial charge in [0.05, 0.1) is 23.8 Å². The fourth-order valence-corrected chi connectivity index (χ4v) is 4.46. The predicted molar refractivity (Wildman–Crippen MR) is 173 cm³/mol. The summed E-state index contributed by atoms with van der Waals surface area (Å²) in [6.45, 7) is 6.19. The number of aliphatic hydroxyl groups excluding tert-OH is 1. The first-order valence-electron chi connectivity index (χ1n) is 14.6. The van der Waals surface area contributed by atoms with Crippen molar-refractivity contribution in [2.24, 2.45) is 0 Å². The van der Waals surface area contributed by atoms with Crippen molar-refractivity contribution in [1.82, 2.24) is 16.0 Å². The molecular formula is C32H52ClN3O8. The van der Waals surface area contributed by atoms with Gasteiger partial charge < -0.3 is 40.4 Å². The molecule has 11 nitrogen and oxygen atoms in total. The van der Waals surface area contributed by atoms with Crippen molar-refractivity contribution in [2.75, 3.05) is 35.4 Å². The van der Waals surface area contributed by atoms with Crippen molar-refractivity contribution in [2.45, 2.75) is 89.2 Å². The number of carbonyl (C=O) groups is 3. The number of hydrogen-bond donors (Lipinski definition) is 5. The summed E-state index contributed by atoms with van der Waals surface area (Å²) in [5, 5.41) is 24.2. The molecule has 1 amide bonds. The van der Waals surface area contributed by atoms with Crippen LogP contribution in [0.4, 0.5) is 0 Å². The minimum atomic E-state index is -0.817. The quantitative estimate of drug-likeness (QED) is 0.0910. The minimum absolute atomic E-state index is 0.000351. The largest absolute Gasteiger partial charge is 0.495 e. The molecule has 0 saturated carbocycles. The van der Waals surface area contributed by atoms with E-state index < -0.39 is 12.0 Å². The number of carboxylic acids is 1. The van der Waals surface area contributed by atoms with Gasteiger partial charge in [0.1, 0.15) is 17.9 Å². The standard InChI is InChI=1S/C27H39ClN2O5.C4H9NO2.CH4O/c1-19(14-20-10-11-23(28)24(15-20)33-5)8-6-7-9-21(29-3)16-22(34-18-31)17-25-27(2,35-25)13-12-26(32)30-4;1-3(5-2)4(6)7;1-2/h6-8,10-11,15,18,21-22,25,29H,9,12-14,16-17H2,1-5H3,(H,30,32);3,5H,1-2H3,(H,6,7);2H,1H3/b7-6+,19-8+;;. The number of amides is 1. The van der Waals surface area contributed by atoms with Gasteiger partial charge in [-0.3, -0.25) is 14.4 Å². The van der Waals surface area contributed by atoms with Gasteiger partial charge in [-0.15, -0.1) is 0 Å². The Kier molecular flexibility index (Phi) is 21.0. The molecule has 250 valence electrons. The van der Waals surface area contributed by atoms with Crippen molar-refractivity contribution >= 4 is 29.9 Å². The Morgan fingerprint density at radius 1 is 1.20 bits per heavy atom. The van der Waals surface area contributed by atoms with Crippen LogP contribution in [0, 0.1) is 0 Å². The number of methoxy groups -OCH3 is 1. The topological polar surface area (TPSA) is 159 Å². The normalized spacial score (nSPS) is 19.3. The summed E-state index contributed by atoms with van der Waals surface area (Å²) in [6, 6.07) is 5.54. The highest BCUT2D eigenvalue weighted by atomic mass is 35.5. The third-order valence-electron chi connectivity index (χ3n) is 7.28. The van der Waals surface area contributed by atoms with Gasteiger partial charge in [0, 0.05) is 39.5 Å². The van der Waals surface area contributed by atoms with Crippen LogP contribution in [-0.2, 0) is 30.3 Å². The van der Waals surface area contributed by atoms with Crippen LogP contribution in [-0.4, -0.2) is 93.8 Å². The van der Waals surface area contributed by atoms with Crippen molar-refractivity contribution in [3.63, 3.8) is 0 Å². The van der Waals surface area contributed by atoms with Crippen LogP contribution in [0.3, 0.4) is 0 Å². The summed E-state index contributed by atoms with van der Waals surface area (Å²) in [5.74, 6) is -0.136. The van der Waals surface area contributed by atoms with Crippen LogP contribution >= 0.6 is 11.6 Å². The van der Waals surface area contributed by atoms with E-state index in [2.05, 4.69) is 41.1 Å². The summed E-state index contributed by atoms with van der Waals surface area (Å²) >= 11 is 6.10. The number of halogens is 1. The molecule has 1 heterocycles. The van der Waals surface area contributed by atoms with Crippen molar-refractivity contribution < 1.29 is 38.8 Å². The van der Waals surface area contributed by atoms with E-state index in [4.69, 9.17) is 36.0 Å². The summed E-state index contributed by atoms with van der Waals surface area (Å²) in [7, 11) is 7.76. The second kappa shape index (κ2) is 22.5. The summed E-state index contributed by atoms with van der Waals surface area (Å²) in [5.41, 5.74) is 2.03. The maximum Gasteiger partial charge on any atom is 0.320 e. The zero-order valence-corrected chi connectivity index (χ0v) is 28.1. The molecule has 44 heavy (non-hydrogen) atoms. The molecule has 5 N–H and O–H groups in total. The van der Waals surface area contributed by atoms with Crippen LogP contribution in [0.25, 0.3) is 0 Å². The first kappa shape index (κ1) is 41.0. The Hall–Kier alpha value is -2.96. The van der Waals surface area contributed by atoms with Gasteiger partial charge in [-0.1, -0.05) is 41.5 Å². The molecule has 5 unspecified atom stereocenters.